The van der Waals surface area contributed by atoms with Crippen LogP contribution in [0.4, 0.5) is 5.82 Å². The van der Waals surface area contributed by atoms with Gasteiger partial charge in [-0.25, -0.2) is 4.79 Å². The molecule has 0 aliphatic heterocycles. The van der Waals surface area contributed by atoms with Crippen molar-refractivity contribution in [2.24, 2.45) is 0 Å². The Morgan fingerprint density at radius 1 is 0.967 bits per heavy atom. The Balaban J connectivity index is 1.62. The van der Waals surface area contributed by atoms with Crippen molar-refractivity contribution in [3.8, 4) is 0 Å². The fourth-order valence-electron chi connectivity index (χ4n) is 3.66. The van der Waals surface area contributed by atoms with Crippen molar-refractivity contribution >= 4 is 11.6 Å². The van der Waals surface area contributed by atoms with Crippen molar-refractivity contribution in [1.29, 1.82) is 0 Å². The van der Waals surface area contributed by atoms with E-state index in [9.17, 15) is 14.4 Å². The molecule has 0 amide bonds. The first-order valence-corrected chi connectivity index (χ1v) is 10.0. The highest BCUT2D eigenvalue weighted by atomic mass is 16.2. The number of hydrogen-bond acceptors (Lipinski definition) is 5. The Labute approximate surface area is 173 Å². The number of nitrogens with zero attached hydrogens (tertiary/aromatic N) is 2. The predicted octanol–water partition coefficient (Wildman–Crippen LogP) is 2.34. The third-order valence-electron chi connectivity index (χ3n) is 5.24. The normalized spacial score (nSPS) is 13.5. The number of nitrogens with two attached hydrogens (primary N) is 1. The monoisotopic (exact) mass is 404 g/mol. The van der Waals surface area contributed by atoms with Gasteiger partial charge in [0.15, 0.2) is 5.78 Å². The molecule has 0 radical (unpaired) electrons. The number of nitrogen functional groups attached to an aromatic ring is 1. The minimum absolute atomic E-state index is 0.0138. The van der Waals surface area contributed by atoms with Gasteiger partial charge in [-0.05, 0) is 24.0 Å². The lowest BCUT2D eigenvalue weighted by atomic mass is 10.1. The van der Waals surface area contributed by atoms with E-state index in [1.54, 1.807) is 0 Å². The summed E-state index contributed by atoms with van der Waals surface area (Å²) in [5, 5.41) is 0. The second-order valence-corrected chi connectivity index (χ2v) is 7.66. The van der Waals surface area contributed by atoms with E-state index in [4.69, 9.17) is 5.73 Å². The molecule has 154 valence electrons. The van der Waals surface area contributed by atoms with Gasteiger partial charge in [0.25, 0.3) is 5.56 Å². The molecule has 4 rings (SSSR count). The summed E-state index contributed by atoms with van der Waals surface area (Å²) >= 11 is 0. The summed E-state index contributed by atoms with van der Waals surface area (Å²) in [5.41, 5.74) is 6.82. The predicted molar refractivity (Wildman–Crippen MR) is 115 cm³/mol. The maximum Gasteiger partial charge on any atom is 0.330 e. The Bertz CT molecular complexity index is 1110. The quantitative estimate of drug-likeness (QED) is 0.561. The molecule has 1 aromatic heterocycles. The summed E-state index contributed by atoms with van der Waals surface area (Å²) in [6.45, 7) is 1.10. The molecule has 1 saturated carbocycles. The topological polar surface area (TPSA) is 101 Å². The third-order valence-corrected chi connectivity index (χ3v) is 5.24. The van der Waals surface area contributed by atoms with Gasteiger partial charge in [-0.1, -0.05) is 60.7 Å². The van der Waals surface area contributed by atoms with E-state index >= 15 is 0 Å². The van der Waals surface area contributed by atoms with Crippen LogP contribution in [-0.4, -0.2) is 26.8 Å². The van der Waals surface area contributed by atoms with Crippen LogP contribution in [0.5, 0.6) is 0 Å². The van der Waals surface area contributed by atoms with Crippen molar-refractivity contribution in [2.45, 2.75) is 32.0 Å². The molecule has 3 N–H and O–H groups in total. The molecule has 0 spiro atoms. The molecule has 0 saturated heterocycles. The van der Waals surface area contributed by atoms with E-state index < -0.39 is 17.0 Å². The standard InChI is InChI=1S/C23H24N4O3/c24-21-20(22(29)25-23(30)27(21)18-11-12-18)19(28)15-26(13-16-7-3-1-4-8-16)14-17-9-5-2-6-10-17/h1-10,18H,11-15,24H2,(H,25,29,30). The summed E-state index contributed by atoms with van der Waals surface area (Å²) < 4.78 is 1.34. The van der Waals surface area contributed by atoms with E-state index in [2.05, 4.69) is 4.98 Å². The van der Waals surface area contributed by atoms with Gasteiger partial charge in [-0.15, -0.1) is 0 Å². The third kappa shape index (κ3) is 4.41. The summed E-state index contributed by atoms with van der Waals surface area (Å²) in [5.74, 6) is -0.425. The van der Waals surface area contributed by atoms with Gasteiger partial charge in [-0.2, -0.15) is 0 Å². The molecule has 7 heteroatoms. The number of H-pyrrole nitrogens is 1. The Hall–Kier alpha value is -3.45. The SMILES string of the molecule is Nc1c(C(=O)CN(Cc2ccccc2)Cc2ccccc2)c(=O)[nH]c(=O)n1C1CC1. The van der Waals surface area contributed by atoms with Crippen LogP contribution in [0.3, 0.4) is 0 Å². The second kappa shape index (κ2) is 8.51. The minimum atomic E-state index is -0.723. The number of ketones is 1. The van der Waals surface area contributed by atoms with Gasteiger partial charge >= 0.3 is 5.69 Å². The van der Waals surface area contributed by atoms with Gasteiger partial charge in [0.1, 0.15) is 11.4 Å². The van der Waals surface area contributed by atoms with Crippen LogP contribution in [0.1, 0.15) is 40.4 Å². The maximum absolute atomic E-state index is 13.1. The van der Waals surface area contributed by atoms with Crippen molar-refractivity contribution in [2.75, 3.05) is 12.3 Å². The fourth-order valence-corrected chi connectivity index (χ4v) is 3.66. The molecule has 1 aliphatic rings. The van der Waals surface area contributed by atoms with Gasteiger partial charge in [-0.3, -0.25) is 24.0 Å². The van der Waals surface area contributed by atoms with Gasteiger partial charge < -0.3 is 5.73 Å². The Kier molecular flexibility index (Phi) is 5.63. The number of rotatable bonds is 8. The number of carbonyl (C=O) groups excluding carboxylic acids is 1. The van der Waals surface area contributed by atoms with E-state index in [-0.39, 0.29) is 24.0 Å². The summed E-state index contributed by atoms with van der Waals surface area (Å²) in [4.78, 5) is 41.9. The molecule has 30 heavy (non-hydrogen) atoms. The summed E-state index contributed by atoms with van der Waals surface area (Å²) in [6.07, 6.45) is 1.63. The van der Waals surface area contributed by atoms with E-state index in [0.29, 0.717) is 13.1 Å². The first kappa shape index (κ1) is 19.8. The number of nitrogens with one attached hydrogen (secondary N) is 1. The van der Waals surface area contributed by atoms with E-state index in [1.165, 1.54) is 4.57 Å². The van der Waals surface area contributed by atoms with Gasteiger partial charge in [0, 0.05) is 19.1 Å². The van der Waals surface area contributed by atoms with Gasteiger partial charge in [0.05, 0.1) is 6.54 Å². The smallest absolute Gasteiger partial charge is 0.330 e. The molecular weight excluding hydrogens is 380 g/mol. The van der Waals surface area contributed by atoms with Crippen LogP contribution in [-0.2, 0) is 13.1 Å². The molecular formula is C23H24N4O3. The lowest BCUT2D eigenvalue weighted by Gasteiger charge is -2.22. The van der Waals surface area contributed by atoms with Crippen molar-refractivity contribution in [3.05, 3.63) is 98.2 Å². The molecule has 1 heterocycles. The lowest BCUT2D eigenvalue weighted by molar-refractivity contribution is 0.0918. The highest BCUT2D eigenvalue weighted by Gasteiger charge is 2.30. The number of Topliss-reactive ketones (excluding diaryl/α,β-unsaturated/α-hetero) is 1. The number of aromatic amines is 1. The molecule has 2 aromatic carbocycles. The fraction of sp³-hybridized carbons (Fsp3) is 0.261. The van der Waals surface area contributed by atoms with Crippen LogP contribution >= 0.6 is 0 Å². The van der Waals surface area contributed by atoms with Gasteiger partial charge in [0.2, 0.25) is 0 Å². The molecule has 0 bridgehead atoms. The average molecular weight is 404 g/mol. The molecule has 3 aromatic rings. The van der Waals surface area contributed by atoms with Crippen LogP contribution in [0.25, 0.3) is 0 Å². The average Bonchev–Trinajstić information content (AvgIpc) is 3.54. The van der Waals surface area contributed by atoms with Crippen LogP contribution < -0.4 is 17.0 Å². The summed E-state index contributed by atoms with van der Waals surface area (Å²) in [6, 6.07) is 19.6. The Morgan fingerprint density at radius 2 is 1.50 bits per heavy atom. The zero-order chi connectivity index (χ0) is 21.1. The second-order valence-electron chi connectivity index (χ2n) is 7.66. The number of anilines is 1. The molecule has 7 nitrogen and oxygen atoms in total. The number of hydrogen-bond donors (Lipinski definition) is 2. The first-order chi connectivity index (χ1) is 14.5. The highest BCUT2D eigenvalue weighted by molar-refractivity contribution is 6.01. The highest BCUT2D eigenvalue weighted by Crippen LogP contribution is 2.35. The maximum atomic E-state index is 13.1. The minimum Gasteiger partial charge on any atom is -0.384 e. The van der Waals surface area contributed by atoms with E-state index in [0.717, 1.165) is 24.0 Å². The largest absolute Gasteiger partial charge is 0.384 e. The van der Waals surface area contributed by atoms with Crippen molar-refractivity contribution in [1.82, 2.24) is 14.5 Å². The van der Waals surface area contributed by atoms with Crippen molar-refractivity contribution in [3.63, 3.8) is 0 Å². The summed E-state index contributed by atoms with van der Waals surface area (Å²) in [7, 11) is 0. The Morgan fingerprint density at radius 3 is 2.00 bits per heavy atom. The molecule has 0 unspecified atom stereocenters. The van der Waals surface area contributed by atoms with Crippen LogP contribution in [0.15, 0.2) is 70.3 Å². The molecule has 0 atom stereocenters. The number of aromatic nitrogens is 2. The zero-order valence-corrected chi connectivity index (χ0v) is 16.6. The number of carbonyl (C=O) groups is 1. The molecule has 1 aliphatic carbocycles. The van der Waals surface area contributed by atoms with E-state index in [1.807, 2.05) is 65.6 Å². The van der Waals surface area contributed by atoms with Crippen molar-refractivity contribution < 1.29 is 4.79 Å². The first-order valence-electron chi connectivity index (χ1n) is 10.0. The lowest BCUT2D eigenvalue weighted by Crippen LogP contribution is -2.38. The van der Waals surface area contributed by atoms with Crippen LogP contribution in [0, 0.1) is 0 Å². The van der Waals surface area contributed by atoms with Crippen LogP contribution in [0.2, 0.25) is 0 Å². The zero-order valence-electron chi connectivity index (χ0n) is 16.6. The molecule has 1 fully saturated rings. The number of benzene rings is 2.